The first kappa shape index (κ1) is 13.2. The third kappa shape index (κ3) is 4.33. The van der Waals surface area contributed by atoms with Gasteiger partial charge in [0.2, 0.25) is 5.91 Å². The third-order valence-corrected chi connectivity index (χ3v) is 2.81. The minimum atomic E-state index is 0.0252. The fourth-order valence-corrected chi connectivity index (χ4v) is 1.63. The number of carbonyl (C=O) groups is 1. The molecule has 1 aromatic carbocycles. The Kier molecular flexibility index (Phi) is 5.49. The maximum absolute atomic E-state index is 11.5. The highest BCUT2D eigenvalue weighted by Gasteiger charge is 2.08. The molecule has 88 valence electrons. The van der Waals surface area contributed by atoms with Gasteiger partial charge < -0.3 is 10.6 Å². The third-order valence-electron chi connectivity index (χ3n) is 2.28. The van der Waals surface area contributed by atoms with Crippen molar-refractivity contribution < 1.29 is 4.79 Å². The molecular formula is C12H17BrN2O. The van der Waals surface area contributed by atoms with E-state index in [1.165, 1.54) is 0 Å². The van der Waals surface area contributed by atoms with Gasteiger partial charge in [-0.2, -0.15) is 0 Å². The largest absolute Gasteiger partial charge is 0.348 e. The number of hydrogen-bond donors (Lipinski definition) is 2. The van der Waals surface area contributed by atoms with Crippen LogP contribution in [0.25, 0.3) is 0 Å². The molecule has 1 atom stereocenters. The SMILES string of the molecule is CCNCC(=O)N[C@@H](C)c1ccc(Br)cc1. The average Bonchev–Trinajstić information content (AvgIpc) is 2.27. The van der Waals surface area contributed by atoms with E-state index < -0.39 is 0 Å². The second-order valence-corrected chi connectivity index (χ2v) is 4.54. The van der Waals surface area contributed by atoms with Crippen LogP contribution in [0, 0.1) is 0 Å². The summed E-state index contributed by atoms with van der Waals surface area (Å²) in [7, 11) is 0. The highest BCUT2D eigenvalue weighted by molar-refractivity contribution is 9.10. The van der Waals surface area contributed by atoms with Gasteiger partial charge in [-0.05, 0) is 31.2 Å². The molecule has 0 spiro atoms. The number of halogens is 1. The van der Waals surface area contributed by atoms with Gasteiger partial charge in [0.15, 0.2) is 0 Å². The normalized spacial score (nSPS) is 12.2. The van der Waals surface area contributed by atoms with Crippen LogP contribution in [0.4, 0.5) is 0 Å². The molecule has 16 heavy (non-hydrogen) atoms. The van der Waals surface area contributed by atoms with Crippen molar-refractivity contribution in [1.82, 2.24) is 10.6 Å². The monoisotopic (exact) mass is 284 g/mol. The number of carbonyl (C=O) groups excluding carboxylic acids is 1. The Morgan fingerprint density at radius 1 is 1.38 bits per heavy atom. The highest BCUT2D eigenvalue weighted by Crippen LogP contribution is 2.16. The first-order chi connectivity index (χ1) is 7.63. The fourth-order valence-electron chi connectivity index (χ4n) is 1.37. The van der Waals surface area contributed by atoms with Crippen LogP contribution in [-0.2, 0) is 4.79 Å². The minimum Gasteiger partial charge on any atom is -0.348 e. The Labute approximate surface area is 105 Å². The Bertz CT molecular complexity index is 337. The fraction of sp³-hybridized carbons (Fsp3) is 0.417. The van der Waals surface area contributed by atoms with Crippen LogP contribution >= 0.6 is 15.9 Å². The van der Waals surface area contributed by atoms with Gasteiger partial charge in [0.25, 0.3) is 0 Å². The van der Waals surface area contributed by atoms with Crippen LogP contribution < -0.4 is 10.6 Å². The van der Waals surface area contributed by atoms with Crippen LogP contribution in [0.2, 0.25) is 0 Å². The van der Waals surface area contributed by atoms with Crippen molar-refractivity contribution in [2.24, 2.45) is 0 Å². The van der Waals surface area contributed by atoms with E-state index >= 15 is 0 Å². The molecular weight excluding hydrogens is 268 g/mol. The van der Waals surface area contributed by atoms with E-state index in [1.54, 1.807) is 0 Å². The lowest BCUT2D eigenvalue weighted by Gasteiger charge is -2.14. The summed E-state index contributed by atoms with van der Waals surface area (Å²) < 4.78 is 1.04. The number of likely N-dealkylation sites (N-methyl/N-ethyl adjacent to an activating group) is 1. The molecule has 1 amide bonds. The molecule has 1 aromatic rings. The van der Waals surface area contributed by atoms with Crippen molar-refractivity contribution >= 4 is 21.8 Å². The molecule has 0 bridgehead atoms. The van der Waals surface area contributed by atoms with Crippen molar-refractivity contribution in [3.63, 3.8) is 0 Å². The standard InChI is InChI=1S/C12H17BrN2O/c1-3-14-8-12(16)15-9(2)10-4-6-11(13)7-5-10/h4-7,9,14H,3,8H2,1-2H3,(H,15,16)/t9-/m0/s1. The topological polar surface area (TPSA) is 41.1 Å². The van der Waals surface area contributed by atoms with Crippen molar-refractivity contribution in [2.45, 2.75) is 19.9 Å². The average molecular weight is 285 g/mol. The smallest absolute Gasteiger partial charge is 0.234 e. The zero-order chi connectivity index (χ0) is 12.0. The van der Waals surface area contributed by atoms with E-state index in [4.69, 9.17) is 0 Å². The quantitative estimate of drug-likeness (QED) is 0.871. The van der Waals surface area contributed by atoms with Crippen LogP contribution in [0.5, 0.6) is 0 Å². The van der Waals surface area contributed by atoms with E-state index in [-0.39, 0.29) is 11.9 Å². The van der Waals surface area contributed by atoms with Crippen LogP contribution in [0.1, 0.15) is 25.5 Å². The molecule has 0 fully saturated rings. The predicted molar refractivity (Wildman–Crippen MR) is 69.2 cm³/mol. The lowest BCUT2D eigenvalue weighted by atomic mass is 10.1. The molecule has 0 aliphatic heterocycles. The van der Waals surface area contributed by atoms with E-state index in [0.29, 0.717) is 6.54 Å². The summed E-state index contributed by atoms with van der Waals surface area (Å²) in [4.78, 5) is 11.5. The van der Waals surface area contributed by atoms with Gasteiger partial charge in [0.05, 0.1) is 12.6 Å². The molecule has 0 radical (unpaired) electrons. The number of hydrogen-bond acceptors (Lipinski definition) is 2. The maximum Gasteiger partial charge on any atom is 0.234 e. The summed E-state index contributed by atoms with van der Waals surface area (Å²) >= 11 is 3.38. The van der Waals surface area contributed by atoms with Gasteiger partial charge in [0.1, 0.15) is 0 Å². The number of amides is 1. The molecule has 4 heteroatoms. The van der Waals surface area contributed by atoms with Crippen molar-refractivity contribution in [2.75, 3.05) is 13.1 Å². The van der Waals surface area contributed by atoms with Gasteiger partial charge in [-0.25, -0.2) is 0 Å². The summed E-state index contributed by atoms with van der Waals surface area (Å²) in [6.07, 6.45) is 0. The molecule has 0 unspecified atom stereocenters. The number of benzene rings is 1. The molecule has 3 nitrogen and oxygen atoms in total. The number of rotatable bonds is 5. The molecule has 1 rings (SSSR count). The second-order valence-electron chi connectivity index (χ2n) is 3.62. The lowest BCUT2D eigenvalue weighted by Crippen LogP contribution is -2.35. The molecule has 0 aliphatic rings. The molecule has 0 saturated carbocycles. The number of nitrogens with one attached hydrogen (secondary N) is 2. The molecule has 2 N–H and O–H groups in total. The van der Waals surface area contributed by atoms with Crippen LogP contribution in [-0.4, -0.2) is 19.0 Å². The predicted octanol–water partition coefficient (Wildman–Crippen LogP) is 2.24. The summed E-state index contributed by atoms with van der Waals surface area (Å²) in [5.41, 5.74) is 1.10. The molecule has 0 saturated heterocycles. The van der Waals surface area contributed by atoms with E-state index in [0.717, 1.165) is 16.6 Å². The van der Waals surface area contributed by atoms with Gasteiger partial charge in [0, 0.05) is 4.47 Å². The van der Waals surface area contributed by atoms with E-state index in [2.05, 4.69) is 26.6 Å². The zero-order valence-corrected chi connectivity index (χ0v) is 11.2. The van der Waals surface area contributed by atoms with E-state index in [9.17, 15) is 4.79 Å². The van der Waals surface area contributed by atoms with Gasteiger partial charge >= 0.3 is 0 Å². The molecule has 0 heterocycles. The van der Waals surface area contributed by atoms with Crippen molar-refractivity contribution in [1.29, 1.82) is 0 Å². The Morgan fingerprint density at radius 2 is 2.00 bits per heavy atom. The first-order valence-corrected chi connectivity index (χ1v) is 6.18. The van der Waals surface area contributed by atoms with Gasteiger partial charge in [-0.3, -0.25) is 4.79 Å². The maximum atomic E-state index is 11.5. The molecule has 0 aromatic heterocycles. The second kappa shape index (κ2) is 6.66. The summed E-state index contributed by atoms with van der Waals surface area (Å²) in [6.45, 7) is 5.13. The first-order valence-electron chi connectivity index (χ1n) is 5.39. The summed E-state index contributed by atoms with van der Waals surface area (Å²) in [6, 6.07) is 7.99. The zero-order valence-electron chi connectivity index (χ0n) is 9.59. The highest BCUT2D eigenvalue weighted by atomic mass is 79.9. The minimum absolute atomic E-state index is 0.0252. The van der Waals surface area contributed by atoms with Crippen LogP contribution in [0.15, 0.2) is 28.7 Å². The Morgan fingerprint density at radius 3 is 2.56 bits per heavy atom. The Balaban J connectivity index is 2.48. The lowest BCUT2D eigenvalue weighted by molar-refractivity contribution is -0.120. The molecule has 0 aliphatic carbocycles. The summed E-state index contributed by atoms with van der Waals surface area (Å²) in [5, 5.41) is 5.93. The van der Waals surface area contributed by atoms with E-state index in [1.807, 2.05) is 38.1 Å². The van der Waals surface area contributed by atoms with Gasteiger partial charge in [-0.1, -0.05) is 35.0 Å². The van der Waals surface area contributed by atoms with Crippen LogP contribution in [0.3, 0.4) is 0 Å². The van der Waals surface area contributed by atoms with Gasteiger partial charge in [-0.15, -0.1) is 0 Å². The Hall–Kier alpha value is -0.870. The summed E-state index contributed by atoms with van der Waals surface area (Å²) in [5.74, 6) is 0.0252. The van der Waals surface area contributed by atoms with Crippen molar-refractivity contribution in [3.05, 3.63) is 34.3 Å². The van der Waals surface area contributed by atoms with Crippen molar-refractivity contribution in [3.8, 4) is 0 Å².